The Morgan fingerprint density at radius 3 is 2.41 bits per heavy atom. The third-order valence-corrected chi connectivity index (χ3v) is 5.19. The van der Waals surface area contributed by atoms with Gasteiger partial charge in [-0.3, -0.25) is 4.79 Å². The summed E-state index contributed by atoms with van der Waals surface area (Å²) >= 11 is 8.01. The van der Waals surface area contributed by atoms with Crippen LogP contribution in [0.1, 0.15) is 11.1 Å². The summed E-state index contributed by atoms with van der Waals surface area (Å²) in [5.41, 5.74) is 2.44. The maximum atomic E-state index is 12.4. The van der Waals surface area contributed by atoms with Crippen LogP contribution in [-0.4, -0.2) is 5.91 Å². The van der Waals surface area contributed by atoms with Gasteiger partial charge in [0.05, 0.1) is 5.69 Å². The summed E-state index contributed by atoms with van der Waals surface area (Å²) in [6.45, 7) is 0.425. The Balaban J connectivity index is 1.65. The van der Waals surface area contributed by atoms with Crippen molar-refractivity contribution in [3.63, 3.8) is 0 Å². The number of nitrogens with zero attached hydrogens (tertiary/aromatic N) is 1. The lowest BCUT2D eigenvalue weighted by Crippen LogP contribution is -2.14. The minimum Gasteiger partial charge on any atom is -0.489 e. The molecule has 0 radical (unpaired) electrons. The van der Waals surface area contributed by atoms with Gasteiger partial charge < -0.3 is 10.1 Å². The second-order valence-corrected chi connectivity index (χ2v) is 7.69. The molecule has 0 aliphatic heterocycles. The van der Waals surface area contributed by atoms with Crippen LogP contribution in [0.15, 0.2) is 78.4 Å². The number of para-hydroxylation sites is 1. The van der Waals surface area contributed by atoms with E-state index in [1.807, 2.05) is 48.5 Å². The molecule has 3 rings (SSSR count). The molecule has 0 fully saturated rings. The van der Waals surface area contributed by atoms with Crippen molar-refractivity contribution >= 4 is 51.9 Å². The maximum Gasteiger partial charge on any atom is 0.266 e. The van der Waals surface area contributed by atoms with E-state index in [1.165, 1.54) is 0 Å². The van der Waals surface area contributed by atoms with Gasteiger partial charge >= 0.3 is 0 Å². The van der Waals surface area contributed by atoms with Crippen molar-refractivity contribution in [2.75, 3.05) is 5.32 Å². The molecule has 3 aromatic rings. The molecule has 0 heterocycles. The third-order valence-electron chi connectivity index (χ3n) is 4.00. The number of halogens is 2. The van der Waals surface area contributed by atoms with Crippen molar-refractivity contribution in [2.24, 2.45) is 0 Å². The van der Waals surface area contributed by atoms with Crippen LogP contribution in [0.4, 0.5) is 5.69 Å². The average molecular weight is 515 g/mol. The molecule has 0 spiro atoms. The fraction of sp³-hybridized carbons (Fsp3) is 0.0435. The van der Waals surface area contributed by atoms with E-state index in [-0.39, 0.29) is 5.57 Å². The van der Waals surface area contributed by atoms with E-state index in [2.05, 4.69) is 27.9 Å². The van der Waals surface area contributed by atoms with Crippen LogP contribution in [0.5, 0.6) is 5.75 Å². The van der Waals surface area contributed by atoms with E-state index < -0.39 is 5.91 Å². The van der Waals surface area contributed by atoms with Crippen LogP contribution in [0.25, 0.3) is 6.08 Å². The number of benzene rings is 3. The number of carbonyl (C=O) groups is 1. The molecule has 0 saturated heterocycles. The highest BCUT2D eigenvalue weighted by Crippen LogP contribution is 2.20. The predicted octanol–water partition coefficient (Wildman–Crippen LogP) is 6.07. The lowest BCUT2D eigenvalue weighted by atomic mass is 10.1. The standard InChI is InChI=1S/C23H16ClIN2O2/c24-19-9-5-17(6-10-19)15-29-20-11-7-16(8-12-20)13-18(14-26)23(28)27-22-4-2-1-3-21(22)25/h1-13H,15H2,(H,27,28)/b18-13+. The molecule has 0 aliphatic carbocycles. The van der Waals surface area contributed by atoms with E-state index in [9.17, 15) is 10.1 Å². The molecule has 6 heteroatoms. The molecule has 1 amide bonds. The van der Waals surface area contributed by atoms with Crippen LogP contribution < -0.4 is 10.1 Å². The molecule has 0 aromatic heterocycles. The Hall–Kier alpha value is -2.82. The molecule has 4 nitrogen and oxygen atoms in total. The van der Waals surface area contributed by atoms with E-state index in [1.54, 1.807) is 36.4 Å². The lowest BCUT2D eigenvalue weighted by Gasteiger charge is -2.08. The minimum atomic E-state index is -0.445. The number of nitriles is 1. The van der Waals surface area contributed by atoms with Crippen molar-refractivity contribution in [2.45, 2.75) is 6.61 Å². The molecule has 0 unspecified atom stereocenters. The number of carbonyl (C=O) groups excluding carboxylic acids is 1. The minimum absolute atomic E-state index is 0.0273. The van der Waals surface area contributed by atoms with Crippen LogP contribution in [0.3, 0.4) is 0 Å². The Morgan fingerprint density at radius 2 is 1.76 bits per heavy atom. The number of hydrogen-bond donors (Lipinski definition) is 1. The number of anilines is 1. The molecule has 1 N–H and O–H groups in total. The molecule has 0 bridgehead atoms. The predicted molar refractivity (Wildman–Crippen MR) is 124 cm³/mol. The molecule has 0 aliphatic rings. The third kappa shape index (κ3) is 6.08. The molecule has 144 valence electrons. The first kappa shape index (κ1) is 20.9. The van der Waals surface area contributed by atoms with Crippen molar-refractivity contribution in [3.05, 3.63) is 98.1 Å². The molecule has 3 aromatic carbocycles. The van der Waals surface area contributed by atoms with Gasteiger partial charge in [-0.1, -0.05) is 48.0 Å². The largest absolute Gasteiger partial charge is 0.489 e. The normalized spacial score (nSPS) is 10.9. The van der Waals surface area contributed by atoms with Gasteiger partial charge in [0.1, 0.15) is 24.0 Å². The quantitative estimate of drug-likeness (QED) is 0.247. The first-order valence-corrected chi connectivity index (χ1v) is 10.2. The first-order chi connectivity index (χ1) is 14.0. The lowest BCUT2D eigenvalue weighted by molar-refractivity contribution is -0.112. The van der Waals surface area contributed by atoms with Gasteiger partial charge in [-0.15, -0.1) is 0 Å². The Morgan fingerprint density at radius 1 is 1.07 bits per heavy atom. The monoisotopic (exact) mass is 514 g/mol. The number of nitrogens with one attached hydrogen (secondary N) is 1. The number of amides is 1. The topological polar surface area (TPSA) is 62.1 Å². The van der Waals surface area contributed by atoms with Gasteiger partial charge in [0.15, 0.2) is 0 Å². The molecule has 0 atom stereocenters. The summed E-state index contributed by atoms with van der Waals surface area (Å²) in [7, 11) is 0. The van der Waals surface area contributed by atoms with Gasteiger partial charge in [-0.2, -0.15) is 5.26 Å². The maximum absolute atomic E-state index is 12.4. The van der Waals surface area contributed by atoms with E-state index >= 15 is 0 Å². The number of hydrogen-bond acceptors (Lipinski definition) is 3. The van der Waals surface area contributed by atoms with Crippen LogP contribution in [-0.2, 0) is 11.4 Å². The van der Waals surface area contributed by atoms with Gasteiger partial charge in [-0.25, -0.2) is 0 Å². The highest BCUT2D eigenvalue weighted by atomic mass is 127. The summed E-state index contributed by atoms with van der Waals surface area (Å²) in [6, 6.07) is 24.0. The highest BCUT2D eigenvalue weighted by Gasteiger charge is 2.11. The van der Waals surface area contributed by atoms with E-state index in [4.69, 9.17) is 16.3 Å². The zero-order valence-electron chi connectivity index (χ0n) is 15.2. The second-order valence-electron chi connectivity index (χ2n) is 6.09. The van der Waals surface area contributed by atoms with E-state index in [0.29, 0.717) is 23.1 Å². The van der Waals surface area contributed by atoms with Crippen molar-refractivity contribution in [3.8, 4) is 11.8 Å². The fourth-order valence-corrected chi connectivity index (χ4v) is 3.12. The average Bonchev–Trinajstić information content (AvgIpc) is 2.74. The van der Waals surface area contributed by atoms with Crippen LogP contribution >= 0.6 is 34.2 Å². The van der Waals surface area contributed by atoms with E-state index in [0.717, 1.165) is 14.7 Å². The van der Waals surface area contributed by atoms with Gasteiger partial charge in [-0.05, 0) is 76.2 Å². The molecular weight excluding hydrogens is 499 g/mol. The van der Waals surface area contributed by atoms with Gasteiger partial charge in [0.2, 0.25) is 0 Å². The van der Waals surface area contributed by atoms with Crippen LogP contribution in [0.2, 0.25) is 5.02 Å². The van der Waals surface area contributed by atoms with Crippen molar-refractivity contribution in [1.29, 1.82) is 5.26 Å². The Bertz CT molecular complexity index is 1070. The van der Waals surface area contributed by atoms with Crippen molar-refractivity contribution in [1.82, 2.24) is 0 Å². The number of ether oxygens (including phenoxy) is 1. The zero-order chi connectivity index (χ0) is 20.6. The summed E-state index contributed by atoms with van der Waals surface area (Å²) < 4.78 is 6.65. The van der Waals surface area contributed by atoms with Crippen molar-refractivity contribution < 1.29 is 9.53 Å². The molecule has 29 heavy (non-hydrogen) atoms. The fourth-order valence-electron chi connectivity index (χ4n) is 2.48. The second kappa shape index (κ2) is 10.1. The summed E-state index contributed by atoms with van der Waals surface area (Å²) in [6.07, 6.45) is 1.55. The first-order valence-electron chi connectivity index (χ1n) is 8.70. The number of rotatable bonds is 6. The Kier molecular flexibility index (Phi) is 7.28. The molecule has 0 saturated carbocycles. The summed E-state index contributed by atoms with van der Waals surface area (Å²) in [5, 5.41) is 12.8. The van der Waals surface area contributed by atoms with Crippen LogP contribution in [0, 0.1) is 14.9 Å². The summed E-state index contributed by atoms with van der Waals surface area (Å²) in [5.74, 6) is 0.249. The zero-order valence-corrected chi connectivity index (χ0v) is 18.1. The summed E-state index contributed by atoms with van der Waals surface area (Å²) in [4.78, 5) is 12.4. The highest BCUT2D eigenvalue weighted by molar-refractivity contribution is 14.1. The van der Waals surface area contributed by atoms with Gasteiger partial charge in [0, 0.05) is 8.59 Å². The molecular formula is C23H16ClIN2O2. The van der Waals surface area contributed by atoms with Gasteiger partial charge in [0.25, 0.3) is 5.91 Å². The Labute approximate surface area is 187 Å². The SMILES string of the molecule is N#C/C(=C\c1ccc(OCc2ccc(Cl)cc2)cc1)C(=O)Nc1ccccc1I. The smallest absolute Gasteiger partial charge is 0.266 e.